The van der Waals surface area contributed by atoms with E-state index in [0.717, 1.165) is 0 Å². The summed E-state index contributed by atoms with van der Waals surface area (Å²) in [7, 11) is 0. The van der Waals surface area contributed by atoms with Crippen LogP contribution in [0.25, 0.3) is 0 Å². The van der Waals surface area contributed by atoms with Gasteiger partial charge in [0.15, 0.2) is 0 Å². The second-order valence-electron chi connectivity index (χ2n) is 2.62. The second kappa shape index (κ2) is 2.85. The van der Waals surface area contributed by atoms with Crippen molar-refractivity contribution in [3.63, 3.8) is 0 Å². The van der Waals surface area contributed by atoms with E-state index in [4.69, 9.17) is 0 Å². The summed E-state index contributed by atoms with van der Waals surface area (Å²) < 4.78 is 11.9. The molecular weight excluding hydrogens is 103 g/mol. The lowest BCUT2D eigenvalue weighted by Crippen LogP contribution is -2.08. The maximum Gasteiger partial charge on any atom is 0.0979 e. The number of alkyl halides is 1. The van der Waals surface area contributed by atoms with Crippen LogP contribution in [0.2, 0.25) is 0 Å². The molecule has 0 saturated carbocycles. The summed E-state index contributed by atoms with van der Waals surface area (Å²) in [6, 6.07) is 0. The monoisotopic (exact) mass is 116 g/mol. The highest BCUT2D eigenvalue weighted by molar-refractivity contribution is 4.92. The first-order valence-corrected chi connectivity index (χ1v) is 2.82. The number of allylic oxidation sites excluding steroid dienone is 2. The Kier molecular flexibility index (Phi) is 2.74. The average Bonchev–Trinajstić information content (AvgIpc) is 1.67. The summed E-state index contributed by atoms with van der Waals surface area (Å²) in [5, 5.41) is 0. The van der Waals surface area contributed by atoms with E-state index in [1.807, 2.05) is 32.9 Å². The molecule has 0 unspecified atom stereocenters. The first kappa shape index (κ1) is 7.67. The van der Waals surface area contributed by atoms with Gasteiger partial charge in [-0.05, 0) is 6.92 Å². The lowest BCUT2D eigenvalue weighted by molar-refractivity contribution is 0.322. The van der Waals surface area contributed by atoms with Crippen molar-refractivity contribution in [3.8, 4) is 0 Å². The van der Waals surface area contributed by atoms with Crippen LogP contribution in [0.15, 0.2) is 12.2 Å². The van der Waals surface area contributed by atoms with Crippen LogP contribution in [0.5, 0.6) is 0 Å². The van der Waals surface area contributed by atoms with Crippen LogP contribution >= 0.6 is 0 Å². The Hall–Kier alpha value is -0.330. The summed E-state index contributed by atoms with van der Waals surface area (Å²) in [4.78, 5) is 0. The summed E-state index contributed by atoms with van der Waals surface area (Å²) in [6.07, 6.45) is 3.74. The first-order chi connectivity index (χ1) is 3.62. The largest absolute Gasteiger partial charge is 0.250 e. The summed E-state index contributed by atoms with van der Waals surface area (Å²) >= 11 is 0. The van der Waals surface area contributed by atoms with Crippen molar-refractivity contribution in [2.45, 2.75) is 20.8 Å². The third kappa shape index (κ3) is 2.78. The van der Waals surface area contributed by atoms with E-state index in [9.17, 15) is 4.39 Å². The van der Waals surface area contributed by atoms with Crippen LogP contribution in [0, 0.1) is 5.41 Å². The highest BCUT2D eigenvalue weighted by atomic mass is 19.1. The van der Waals surface area contributed by atoms with E-state index >= 15 is 0 Å². The summed E-state index contributed by atoms with van der Waals surface area (Å²) in [5.41, 5.74) is -0.255. The Labute approximate surface area is 50.4 Å². The molecule has 0 aromatic carbocycles. The lowest BCUT2D eigenvalue weighted by atomic mass is 9.95. The van der Waals surface area contributed by atoms with E-state index in [-0.39, 0.29) is 12.1 Å². The van der Waals surface area contributed by atoms with E-state index in [1.165, 1.54) is 0 Å². The van der Waals surface area contributed by atoms with E-state index in [1.54, 1.807) is 0 Å². The molecule has 0 aliphatic carbocycles. The molecule has 48 valence electrons. The fourth-order valence-electron chi connectivity index (χ4n) is 0.496. The number of hydrogen-bond donors (Lipinski definition) is 0. The van der Waals surface area contributed by atoms with Gasteiger partial charge in [0, 0.05) is 5.41 Å². The molecule has 0 radical (unpaired) electrons. The minimum atomic E-state index is -0.280. The number of halogens is 1. The van der Waals surface area contributed by atoms with Gasteiger partial charge in [0.25, 0.3) is 0 Å². The van der Waals surface area contributed by atoms with E-state index in [0.29, 0.717) is 0 Å². The quantitative estimate of drug-likeness (QED) is 0.486. The van der Waals surface area contributed by atoms with Crippen molar-refractivity contribution in [2.75, 3.05) is 6.67 Å². The molecule has 0 N–H and O–H groups in total. The van der Waals surface area contributed by atoms with Gasteiger partial charge in [-0.15, -0.1) is 0 Å². The van der Waals surface area contributed by atoms with Gasteiger partial charge in [0.2, 0.25) is 0 Å². The van der Waals surface area contributed by atoms with Crippen LogP contribution < -0.4 is 0 Å². The molecule has 0 spiro atoms. The first-order valence-electron chi connectivity index (χ1n) is 2.82. The molecule has 0 fully saturated rings. The van der Waals surface area contributed by atoms with Crippen molar-refractivity contribution in [2.24, 2.45) is 5.41 Å². The van der Waals surface area contributed by atoms with Gasteiger partial charge in [-0.1, -0.05) is 26.0 Å². The zero-order valence-electron chi connectivity index (χ0n) is 5.74. The molecule has 0 nitrogen and oxygen atoms in total. The minimum Gasteiger partial charge on any atom is -0.250 e. The third-order valence-electron chi connectivity index (χ3n) is 0.962. The molecule has 0 rings (SSSR count). The van der Waals surface area contributed by atoms with Crippen molar-refractivity contribution < 1.29 is 4.39 Å². The lowest BCUT2D eigenvalue weighted by Gasteiger charge is -2.12. The van der Waals surface area contributed by atoms with Gasteiger partial charge in [-0.25, -0.2) is 0 Å². The zero-order valence-corrected chi connectivity index (χ0v) is 5.74. The van der Waals surface area contributed by atoms with Crippen LogP contribution in [-0.2, 0) is 0 Å². The number of rotatable bonds is 2. The molecule has 8 heavy (non-hydrogen) atoms. The van der Waals surface area contributed by atoms with Crippen LogP contribution in [0.3, 0.4) is 0 Å². The normalized spacial score (nSPS) is 13.0. The standard InChI is InChI=1S/C7H13F/c1-4-5-7(2,3)6-8/h4-5H,6H2,1-3H3/b5-4+. The third-order valence-corrected chi connectivity index (χ3v) is 0.962. The predicted molar refractivity (Wildman–Crippen MR) is 34.6 cm³/mol. The Bertz CT molecular complexity index is 82.4. The van der Waals surface area contributed by atoms with Gasteiger partial charge >= 0.3 is 0 Å². The summed E-state index contributed by atoms with van der Waals surface area (Å²) in [6.45, 7) is 5.36. The van der Waals surface area contributed by atoms with Crippen LogP contribution in [0.1, 0.15) is 20.8 Å². The molecular formula is C7H13F. The van der Waals surface area contributed by atoms with Crippen molar-refractivity contribution >= 4 is 0 Å². The van der Waals surface area contributed by atoms with Crippen molar-refractivity contribution in [1.29, 1.82) is 0 Å². The van der Waals surface area contributed by atoms with E-state index < -0.39 is 0 Å². The molecule has 0 atom stereocenters. The molecule has 0 heterocycles. The highest BCUT2D eigenvalue weighted by Crippen LogP contribution is 2.16. The highest BCUT2D eigenvalue weighted by Gasteiger charge is 2.10. The Morgan fingerprint density at radius 3 is 2.12 bits per heavy atom. The second-order valence-corrected chi connectivity index (χ2v) is 2.62. The predicted octanol–water partition coefficient (Wildman–Crippen LogP) is 2.56. The minimum absolute atomic E-state index is 0.255. The maximum absolute atomic E-state index is 11.9. The topological polar surface area (TPSA) is 0 Å². The van der Waals surface area contributed by atoms with E-state index in [2.05, 4.69) is 0 Å². The van der Waals surface area contributed by atoms with Crippen molar-refractivity contribution in [3.05, 3.63) is 12.2 Å². The zero-order chi connectivity index (χ0) is 6.62. The van der Waals surface area contributed by atoms with Gasteiger partial charge in [0.05, 0.1) is 6.67 Å². The van der Waals surface area contributed by atoms with Gasteiger partial charge < -0.3 is 0 Å². The van der Waals surface area contributed by atoms with Crippen molar-refractivity contribution in [1.82, 2.24) is 0 Å². The molecule has 0 aliphatic rings. The Balaban J connectivity index is 3.71. The number of hydrogen-bond acceptors (Lipinski definition) is 0. The molecule has 0 amide bonds. The summed E-state index contributed by atoms with van der Waals surface area (Å²) in [5.74, 6) is 0. The SMILES string of the molecule is C/C=C/C(C)(C)CF. The molecule has 0 aliphatic heterocycles. The molecule has 0 aromatic rings. The molecule has 0 saturated heterocycles. The van der Waals surface area contributed by atoms with Crippen LogP contribution in [-0.4, -0.2) is 6.67 Å². The molecule has 0 bridgehead atoms. The fraction of sp³-hybridized carbons (Fsp3) is 0.714. The van der Waals surface area contributed by atoms with Gasteiger partial charge in [-0.2, -0.15) is 0 Å². The van der Waals surface area contributed by atoms with Crippen LogP contribution in [0.4, 0.5) is 4.39 Å². The molecule has 1 heteroatoms. The van der Waals surface area contributed by atoms with Gasteiger partial charge in [-0.3, -0.25) is 4.39 Å². The Morgan fingerprint density at radius 2 is 2.00 bits per heavy atom. The Morgan fingerprint density at radius 1 is 1.50 bits per heavy atom. The fourth-order valence-corrected chi connectivity index (χ4v) is 0.496. The average molecular weight is 116 g/mol. The maximum atomic E-state index is 11.9. The smallest absolute Gasteiger partial charge is 0.0979 e. The molecule has 0 aromatic heterocycles. The van der Waals surface area contributed by atoms with Gasteiger partial charge in [0.1, 0.15) is 0 Å².